The minimum absolute atomic E-state index is 0.195. The standard InChI is InChI=1S/C21H21N3O5S/c1-27-16-10-14-18(11-17(16)28-2)30-21(23-14)24-19(25)12-5-3-6-13(9-12)22-20(26)15-7-4-8-29-15/h3,5-6,9-11,15H,4,7-8H2,1-2H3,(H,22,26)(H,23,24,25)/t15-/m1/s1. The maximum Gasteiger partial charge on any atom is 0.257 e. The molecule has 1 saturated heterocycles. The number of amides is 2. The molecule has 4 rings (SSSR count). The third-order valence-corrected chi connectivity index (χ3v) is 5.66. The number of hydrogen-bond acceptors (Lipinski definition) is 7. The molecule has 30 heavy (non-hydrogen) atoms. The van der Waals surface area contributed by atoms with Gasteiger partial charge in [-0.1, -0.05) is 17.4 Å². The molecule has 1 aliphatic heterocycles. The van der Waals surface area contributed by atoms with Crippen LogP contribution in [0.2, 0.25) is 0 Å². The van der Waals surface area contributed by atoms with Gasteiger partial charge in [0, 0.05) is 30.0 Å². The summed E-state index contributed by atoms with van der Waals surface area (Å²) in [6.45, 7) is 0.598. The molecule has 0 unspecified atom stereocenters. The third-order valence-electron chi connectivity index (χ3n) is 4.73. The lowest BCUT2D eigenvalue weighted by Gasteiger charge is -2.11. The fourth-order valence-corrected chi connectivity index (χ4v) is 4.09. The van der Waals surface area contributed by atoms with Crippen LogP contribution in [0.4, 0.5) is 10.8 Å². The molecule has 2 heterocycles. The van der Waals surface area contributed by atoms with E-state index in [4.69, 9.17) is 14.2 Å². The lowest BCUT2D eigenvalue weighted by Crippen LogP contribution is -2.27. The molecule has 1 aromatic heterocycles. The highest BCUT2D eigenvalue weighted by Crippen LogP contribution is 2.36. The van der Waals surface area contributed by atoms with Crippen LogP contribution in [0.3, 0.4) is 0 Å². The highest BCUT2D eigenvalue weighted by atomic mass is 32.1. The van der Waals surface area contributed by atoms with Gasteiger partial charge >= 0.3 is 0 Å². The number of nitrogens with one attached hydrogen (secondary N) is 2. The summed E-state index contributed by atoms with van der Waals surface area (Å²) in [5, 5.41) is 6.07. The molecule has 2 aromatic carbocycles. The lowest BCUT2D eigenvalue weighted by molar-refractivity contribution is -0.124. The van der Waals surface area contributed by atoms with Crippen molar-refractivity contribution in [2.24, 2.45) is 0 Å². The molecular weight excluding hydrogens is 406 g/mol. The van der Waals surface area contributed by atoms with Crippen LogP contribution in [0.15, 0.2) is 36.4 Å². The second kappa shape index (κ2) is 8.68. The number of hydrogen-bond donors (Lipinski definition) is 2. The van der Waals surface area contributed by atoms with Crippen molar-refractivity contribution in [3.8, 4) is 11.5 Å². The Bertz CT molecular complexity index is 1050. The Hall–Kier alpha value is -3.17. The van der Waals surface area contributed by atoms with Gasteiger partial charge in [0.15, 0.2) is 16.6 Å². The topological polar surface area (TPSA) is 98.8 Å². The molecule has 0 aliphatic carbocycles. The molecule has 2 N–H and O–H groups in total. The number of thiazole rings is 1. The third kappa shape index (κ3) is 4.22. The molecule has 0 radical (unpaired) electrons. The molecule has 156 valence electrons. The van der Waals surface area contributed by atoms with Gasteiger partial charge in [-0.25, -0.2) is 4.98 Å². The van der Waals surface area contributed by atoms with Crippen molar-refractivity contribution < 1.29 is 23.8 Å². The number of benzene rings is 2. The van der Waals surface area contributed by atoms with Crippen LogP contribution in [0.5, 0.6) is 11.5 Å². The monoisotopic (exact) mass is 427 g/mol. The van der Waals surface area contributed by atoms with Gasteiger partial charge in [-0.15, -0.1) is 0 Å². The average molecular weight is 427 g/mol. The number of methoxy groups -OCH3 is 2. The Balaban J connectivity index is 1.49. The summed E-state index contributed by atoms with van der Waals surface area (Å²) in [7, 11) is 3.13. The zero-order chi connectivity index (χ0) is 21.1. The SMILES string of the molecule is COc1cc2nc(NC(=O)c3cccc(NC(=O)[C@H]4CCCO4)c3)sc2cc1OC. The highest BCUT2D eigenvalue weighted by Gasteiger charge is 2.23. The van der Waals surface area contributed by atoms with Gasteiger partial charge in [-0.2, -0.15) is 0 Å². The molecule has 2 amide bonds. The van der Waals surface area contributed by atoms with Gasteiger partial charge in [-0.05, 0) is 31.0 Å². The van der Waals surface area contributed by atoms with Gasteiger partial charge in [0.1, 0.15) is 6.10 Å². The summed E-state index contributed by atoms with van der Waals surface area (Å²) in [4.78, 5) is 29.4. The molecule has 0 bridgehead atoms. The van der Waals surface area contributed by atoms with Gasteiger partial charge in [0.25, 0.3) is 11.8 Å². The normalized spacial score (nSPS) is 15.7. The zero-order valence-corrected chi connectivity index (χ0v) is 17.4. The Morgan fingerprint density at radius 1 is 1.13 bits per heavy atom. The van der Waals surface area contributed by atoms with Gasteiger partial charge in [0.2, 0.25) is 0 Å². The van der Waals surface area contributed by atoms with E-state index in [0.717, 1.165) is 11.1 Å². The van der Waals surface area contributed by atoms with Gasteiger partial charge in [0.05, 0.1) is 24.4 Å². The first-order valence-electron chi connectivity index (χ1n) is 9.44. The first kappa shape index (κ1) is 20.1. The fourth-order valence-electron chi connectivity index (χ4n) is 3.22. The minimum Gasteiger partial charge on any atom is -0.493 e. The van der Waals surface area contributed by atoms with Crippen molar-refractivity contribution in [1.82, 2.24) is 4.98 Å². The maximum absolute atomic E-state index is 12.7. The van der Waals surface area contributed by atoms with Gasteiger partial charge in [-0.3, -0.25) is 14.9 Å². The first-order chi connectivity index (χ1) is 14.6. The maximum atomic E-state index is 12.7. The number of aromatic nitrogens is 1. The quantitative estimate of drug-likeness (QED) is 0.623. The van der Waals surface area contributed by atoms with Crippen LogP contribution >= 0.6 is 11.3 Å². The van der Waals surface area contributed by atoms with Crippen molar-refractivity contribution in [3.05, 3.63) is 42.0 Å². The number of fused-ring (bicyclic) bond motifs is 1. The number of nitrogens with zero attached hydrogens (tertiary/aromatic N) is 1. The number of ether oxygens (including phenoxy) is 3. The van der Waals surface area contributed by atoms with Crippen LogP contribution < -0.4 is 20.1 Å². The van der Waals surface area contributed by atoms with Crippen LogP contribution in [-0.2, 0) is 9.53 Å². The second-order valence-electron chi connectivity index (χ2n) is 6.72. The van der Waals surface area contributed by atoms with Crippen molar-refractivity contribution in [2.45, 2.75) is 18.9 Å². The fraction of sp³-hybridized carbons (Fsp3) is 0.286. The van der Waals surface area contributed by atoms with E-state index < -0.39 is 6.10 Å². The molecule has 3 aromatic rings. The summed E-state index contributed by atoms with van der Waals surface area (Å²) in [5.74, 6) is 0.657. The van der Waals surface area contributed by atoms with Crippen LogP contribution in [0.1, 0.15) is 23.2 Å². The predicted octanol–water partition coefficient (Wildman–Crippen LogP) is 3.68. The Morgan fingerprint density at radius 3 is 2.67 bits per heavy atom. The van der Waals surface area contributed by atoms with Crippen molar-refractivity contribution >= 4 is 44.2 Å². The van der Waals surface area contributed by atoms with E-state index in [-0.39, 0.29) is 11.8 Å². The molecule has 8 nitrogen and oxygen atoms in total. The first-order valence-corrected chi connectivity index (χ1v) is 10.3. The smallest absolute Gasteiger partial charge is 0.257 e. The van der Waals surface area contributed by atoms with E-state index in [2.05, 4.69) is 15.6 Å². The Labute approximate surface area is 177 Å². The van der Waals surface area contributed by atoms with E-state index >= 15 is 0 Å². The summed E-state index contributed by atoms with van der Waals surface area (Å²) >= 11 is 1.34. The number of carbonyl (C=O) groups excluding carboxylic acids is 2. The van der Waals surface area contributed by atoms with E-state index in [1.807, 2.05) is 6.07 Å². The largest absolute Gasteiger partial charge is 0.493 e. The predicted molar refractivity (Wildman–Crippen MR) is 115 cm³/mol. The molecule has 9 heteroatoms. The summed E-state index contributed by atoms with van der Waals surface area (Å²) in [5.41, 5.74) is 1.65. The number of carbonyl (C=O) groups is 2. The van der Waals surface area contributed by atoms with Crippen LogP contribution in [0, 0.1) is 0 Å². The van der Waals surface area contributed by atoms with Crippen LogP contribution in [0.25, 0.3) is 10.2 Å². The van der Waals surface area contributed by atoms with E-state index in [9.17, 15) is 9.59 Å². The van der Waals surface area contributed by atoms with Crippen molar-refractivity contribution in [1.29, 1.82) is 0 Å². The van der Waals surface area contributed by atoms with E-state index in [1.165, 1.54) is 11.3 Å². The molecular formula is C21H21N3O5S. The van der Waals surface area contributed by atoms with Crippen LogP contribution in [-0.4, -0.2) is 43.7 Å². The molecule has 1 aliphatic rings. The molecule has 1 fully saturated rings. The zero-order valence-electron chi connectivity index (χ0n) is 16.6. The summed E-state index contributed by atoms with van der Waals surface area (Å²) in [6.07, 6.45) is 1.15. The van der Waals surface area contributed by atoms with E-state index in [1.54, 1.807) is 44.6 Å². The number of anilines is 2. The minimum atomic E-state index is -0.431. The molecule has 1 atom stereocenters. The lowest BCUT2D eigenvalue weighted by atomic mass is 10.1. The summed E-state index contributed by atoms with van der Waals surface area (Å²) in [6, 6.07) is 10.3. The summed E-state index contributed by atoms with van der Waals surface area (Å²) < 4.78 is 16.9. The van der Waals surface area contributed by atoms with Crippen molar-refractivity contribution in [3.63, 3.8) is 0 Å². The number of rotatable bonds is 6. The Kier molecular flexibility index (Phi) is 5.82. The highest BCUT2D eigenvalue weighted by molar-refractivity contribution is 7.22. The second-order valence-corrected chi connectivity index (χ2v) is 7.75. The molecule has 0 spiro atoms. The van der Waals surface area contributed by atoms with Gasteiger partial charge < -0.3 is 19.5 Å². The average Bonchev–Trinajstić information content (AvgIpc) is 3.42. The van der Waals surface area contributed by atoms with E-state index in [0.29, 0.717) is 46.4 Å². The molecule has 0 saturated carbocycles. The van der Waals surface area contributed by atoms with Crippen molar-refractivity contribution in [2.75, 3.05) is 31.5 Å². The Morgan fingerprint density at radius 2 is 1.93 bits per heavy atom.